The number of hydrogen-bond acceptors (Lipinski definition) is 5. The maximum atomic E-state index is 10.8. The van der Waals surface area contributed by atoms with E-state index in [0.717, 1.165) is 11.5 Å². The summed E-state index contributed by atoms with van der Waals surface area (Å²) in [5.74, 6) is 0.352. The summed E-state index contributed by atoms with van der Waals surface area (Å²) < 4.78 is 7.10. The molecule has 108 valence electrons. The van der Waals surface area contributed by atoms with Gasteiger partial charge < -0.3 is 14.8 Å². The van der Waals surface area contributed by atoms with Crippen molar-refractivity contribution in [2.45, 2.75) is 19.5 Å². The Morgan fingerprint density at radius 2 is 2.33 bits per heavy atom. The lowest BCUT2D eigenvalue weighted by atomic mass is 10.3. The van der Waals surface area contributed by atoms with Crippen LogP contribution in [0.4, 0.5) is 0 Å². The van der Waals surface area contributed by atoms with Crippen LogP contribution in [0.25, 0.3) is 5.65 Å². The molecule has 0 saturated heterocycles. The van der Waals surface area contributed by atoms with Crippen molar-refractivity contribution in [3.05, 3.63) is 53.9 Å². The summed E-state index contributed by atoms with van der Waals surface area (Å²) in [4.78, 5) is 10.8. The van der Waals surface area contributed by atoms with Gasteiger partial charge in [0.25, 0.3) is 0 Å². The second-order valence-corrected chi connectivity index (χ2v) is 4.70. The lowest BCUT2D eigenvalue weighted by Crippen LogP contribution is -2.20. The number of fused-ring (bicyclic) bond motifs is 1. The zero-order valence-corrected chi connectivity index (χ0v) is 11.4. The van der Waals surface area contributed by atoms with Crippen LogP contribution in [0.5, 0.6) is 0 Å². The molecule has 3 aromatic rings. The largest absolute Gasteiger partial charge is 0.478 e. The van der Waals surface area contributed by atoms with E-state index in [-0.39, 0.29) is 11.6 Å². The van der Waals surface area contributed by atoms with Crippen molar-refractivity contribution >= 4 is 11.6 Å². The number of carboxylic acid groups (broad SMARTS) is 1. The lowest BCUT2D eigenvalue weighted by molar-refractivity contribution is 0.0696. The van der Waals surface area contributed by atoms with Crippen molar-refractivity contribution in [3.8, 4) is 0 Å². The second kappa shape index (κ2) is 5.37. The smallest absolute Gasteiger partial charge is 0.338 e. The highest BCUT2D eigenvalue weighted by atomic mass is 16.4. The van der Waals surface area contributed by atoms with Gasteiger partial charge in [0.1, 0.15) is 12.0 Å². The molecule has 0 bridgehead atoms. The van der Waals surface area contributed by atoms with Crippen molar-refractivity contribution in [2.75, 3.05) is 0 Å². The Labute approximate surface area is 120 Å². The van der Waals surface area contributed by atoms with E-state index in [9.17, 15) is 4.79 Å². The Bertz CT molecular complexity index is 777. The first-order valence-corrected chi connectivity index (χ1v) is 6.49. The molecule has 0 radical (unpaired) electrons. The third-order valence-corrected chi connectivity index (χ3v) is 3.21. The predicted octanol–water partition coefficient (Wildman–Crippen LogP) is 1.87. The average Bonchev–Trinajstić information content (AvgIpc) is 3.11. The van der Waals surface area contributed by atoms with Gasteiger partial charge >= 0.3 is 5.97 Å². The number of aromatic nitrogens is 3. The van der Waals surface area contributed by atoms with Gasteiger partial charge in [-0.15, -0.1) is 10.2 Å². The monoisotopic (exact) mass is 286 g/mol. The molecule has 7 heteroatoms. The number of aromatic carboxylic acids is 1. The van der Waals surface area contributed by atoms with E-state index in [1.54, 1.807) is 0 Å². The van der Waals surface area contributed by atoms with Gasteiger partial charge in [0.05, 0.1) is 18.2 Å². The Kier molecular flexibility index (Phi) is 3.41. The average molecular weight is 286 g/mol. The first kappa shape index (κ1) is 13.3. The number of nitrogens with one attached hydrogen (secondary N) is 1. The molecule has 0 aliphatic rings. The Morgan fingerprint density at radius 3 is 3.10 bits per heavy atom. The van der Waals surface area contributed by atoms with E-state index < -0.39 is 5.97 Å². The molecule has 0 aliphatic heterocycles. The van der Waals surface area contributed by atoms with Crippen molar-refractivity contribution in [1.82, 2.24) is 19.9 Å². The number of hydrogen-bond donors (Lipinski definition) is 2. The Hall–Kier alpha value is -2.67. The Balaban J connectivity index is 1.71. The molecule has 0 aliphatic carbocycles. The number of carbonyl (C=O) groups is 1. The first-order chi connectivity index (χ1) is 10.1. The fourth-order valence-corrected chi connectivity index (χ4v) is 2.09. The number of furan rings is 1. The van der Waals surface area contributed by atoms with Crippen molar-refractivity contribution < 1.29 is 14.3 Å². The van der Waals surface area contributed by atoms with Crippen molar-refractivity contribution in [1.29, 1.82) is 0 Å². The van der Waals surface area contributed by atoms with Crippen LogP contribution in [-0.2, 0) is 6.54 Å². The minimum atomic E-state index is -0.999. The van der Waals surface area contributed by atoms with Crippen molar-refractivity contribution in [2.24, 2.45) is 0 Å². The van der Waals surface area contributed by atoms with Gasteiger partial charge in [-0.3, -0.25) is 4.40 Å². The van der Waals surface area contributed by atoms with E-state index in [1.807, 2.05) is 35.7 Å². The van der Waals surface area contributed by atoms with Gasteiger partial charge in [0, 0.05) is 6.20 Å². The molecule has 1 atom stereocenters. The number of pyridine rings is 1. The van der Waals surface area contributed by atoms with E-state index in [2.05, 4.69) is 15.5 Å². The predicted molar refractivity (Wildman–Crippen MR) is 73.9 cm³/mol. The number of nitrogens with zero attached hydrogens (tertiary/aromatic N) is 3. The molecule has 1 unspecified atom stereocenters. The quantitative estimate of drug-likeness (QED) is 0.743. The maximum Gasteiger partial charge on any atom is 0.338 e. The summed E-state index contributed by atoms with van der Waals surface area (Å²) in [6.45, 7) is 2.38. The van der Waals surface area contributed by atoms with Gasteiger partial charge in [0.2, 0.25) is 0 Å². The van der Waals surface area contributed by atoms with Gasteiger partial charge in [-0.2, -0.15) is 0 Å². The molecular weight excluding hydrogens is 272 g/mol. The molecule has 0 amide bonds. The summed E-state index contributed by atoms with van der Waals surface area (Å²) in [5, 5.41) is 20.3. The van der Waals surface area contributed by atoms with Gasteiger partial charge in [-0.25, -0.2) is 4.79 Å². The van der Waals surface area contributed by atoms with Crippen LogP contribution in [-0.4, -0.2) is 25.7 Å². The zero-order chi connectivity index (χ0) is 14.8. The standard InChI is InChI=1S/C14H14N4O3/c1-9(13-17-16-12-4-2-3-5-18(12)13)15-7-11-6-10(8-21-11)14(19)20/h2-6,8-9,15H,7H2,1H3,(H,19,20). The van der Waals surface area contributed by atoms with Crippen molar-refractivity contribution in [3.63, 3.8) is 0 Å². The summed E-state index contributed by atoms with van der Waals surface area (Å²) in [5.41, 5.74) is 0.930. The summed E-state index contributed by atoms with van der Waals surface area (Å²) >= 11 is 0. The van der Waals surface area contributed by atoms with Crippen LogP contribution in [0.3, 0.4) is 0 Å². The van der Waals surface area contributed by atoms with Crippen LogP contribution >= 0.6 is 0 Å². The van der Waals surface area contributed by atoms with Crippen LogP contribution in [0.2, 0.25) is 0 Å². The topological polar surface area (TPSA) is 92.7 Å². The van der Waals surface area contributed by atoms with E-state index in [1.165, 1.54) is 12.3 Å². The molecular formula is C14H14N4O3. The van der Waals surface area contributed by atoms with Crippen LogP contribution in [0.15, 0.2) is 41.1 Å². The minimum absolute atomic E-state index is 0.0548. The van der Waals surface area contributed by atoms with E-state index in [0.29, 0.717) is 12.3 Å². The zero-order valence-electron chi connectivity index (χ0n) is 11.4. The van der Waals surface area contributed by atoms with Crippen LogP contribution in [0, 0.1) is 0 Å². The van der Waals surface area contributed by atoms with E-state index >= 15 is 0 Å². The maximum absolute atomic E-state index is 10.8. The third-order valence-electron chi connectivity index (χ3n) is 3.21. The summed E-state index contributed by atoms with van der Waals surface area (Å²) in [6, 6.07) is 7.15. The molecule has 2 N–H and O–H groups in total. The fourth-order valence-electron chi connectivity index (χ4n) is 2.09. The van der Waals surface area contributed by atoms with Gasteiger partial charge in [-0.05, 0) is 25.1 Å². The van der Waals surface area contributed by atoms with Crippen LogP contribution < -0.4 is 5.32 Å². The summed E-state index contributed by atoms with van der Waals surface area (Å²) in [7, 11) is 0. The highest BCUT2D eigenvalue weighted by Crippen LogP contribution is 2.14. The van der Waals surface area contributed by atoms with Gasteiger partial charge in [0.15, 0.2) is 11.5 Å². The fraction of sp³-hybridized carbons (Fsp3) is 0.214. The SMILES string of the molecule is CC(NCc1cc(C(=O)O)co1)c1nnc2ccccn12. The highest BCUT2D eigenvalue weighted by molar-refractivity contribution is 5.87. The summed E-state index contributed by atoms with van der Waals surface area (Å²) in [6.07, 6.45) is 3.13. The third kappa shape index (κ3) is 2.63. The molecule has 3 heterocycles. The second-order valence-electron chi connectivity index (χ2n) is 4.70. The molecule has 0 saturated carbocycles. The molecule has 21 heavy (non-hydrogen) atoms. The van der Waals surface area contributed by atoms with Gasteiger partial charge in [-0.1, -0.05) is 6.07 Å². The lowest BCUT2D eigenvalue weighted by Gasteiger charge is -2.10. The molecule has 0 fully saturated rings. The number of carboxylic acids is 1. The normalized spacial score (nSPS) is 12.6. The van der Waals surface area contributed by atoms with E-state index in [4.69, 9.17) is 9.52 Å². The number of rotatable bonds is 5. The van der Waals surface area contributed by atoms with Crippen LogP contribution in [0.1, 0.15) is 34.9 Å². The molecule has 0 aromatic carbocycles. The first-order valence-electron chi connectivity index (χ1n) is 6.49. The highest BCUT2D eigenvalue weighted by Gasteiger charge is 2.14. The Morgan fingerprint density at radius 1 is 1.48 bits per heavy atom. The molecule has 3 rings (SSSR count). The molecule has 3 aromatic heterocycles. The molecule has 7 nitrogen and oxygen atoms in total. The molecule has 0 spiro atoms. The minimum Gasteiger partial charge on any atom is -0.478 e.